The number of amides is 2. The summed E-state index contributed by atoms with van der Waals surface area (Å²) in [6.07, 6.45) is 1.39. The van der Waals surface area contributed by atoms with Gasteiger partial charge in [0.15, 0.2) is 0 Å². The number of aromatic nitrogens is 1. The fraction of sp³-hybridized carbons (Fsp3) is 0.211. The third-order valence-corrected chi connectivity index (χ3v) is 5.54. The van der Waals surface area contributed by atoms with E-state index >= 15 is 0 Å². The van der Waals surface area contributed by atoms with Crippen molar-refractivity contribution in [3.05, 3.63) is 57.7 Å². The number of carbonyl (C=O) groups is 2. The van der Waals surface area contributed by atoms with Gasteiger partial charge < -0.3 is 14.8 Å². The normalized spacial score (nSPS) is 14.2. The highest BCUT2D eigenvalue weighted by atomic mass is 32.1. The SMILES string of the molecule is Cn1c(=O)sc2cc(NC(=O)c3cccc(N4CCCC4=O)c3)ccc21. The summed E-state index contributed by atoms with van der Waals surface area (Å²) in [4.78, 5) is 37.9. The maximum absolute atomic E-state index is 12.6. The van der Waals surface area contributed by atoms with Crippen LogP contribution < -0.4 is 15.1 Å². The maximum Gasteiger partial charge on any atom is 0.307 e. The Morgan fingerprint density at radius 2 is 2.00 bits per heavy atom. The van der Waals surface area contributed by atoms with E-state index in [0.29, 0.717) is 24.2 Å². The first-order valence-electron chi connectivity index (χ1n) is 8.34. The summed E-state index contributed by atoms with van der Waals surface area (Å²) in [5, 5.41) is 2.86. The molecule has 1 aliphatic heterocycles. The summed E-state index contributed by atoms with van der Waals surface area (Å²) >= 11 is 1.15. The van der Waals surface area contributed by atoms with Crippen LogP contribution in [0.2, 0.25) is 0 Å². The van der Waals surface area contributed by atoms with Crippen LogP contribution in [-0.2, 0) is 11.8 Å². The first-order valence-corrected chi connectivity index (χ1v) is 9.16. The summed E-state index contributed by atoms with van der Waals surface area (Å²) in [5.41, 5.74) is 2.71. The molecule has 132 valence electrons. The van der Waals surface area contributed by atoms with Gasteiger partial charge in [0.1, 0.15) is 0 Å². The second kappa shape index (κ2) is 6.42. The number of anilines is 2. The molecule has 2 amide bonds. The molecule has 6 nitrogen and oxygen atoms in total. The topological polar surface area (TPSA) is 71.4 Å². The van der Waals surface area contributed by atoms with E-state index in [2.05, 4.69) is 5.32 Å². The van der Waals surface area contributed by atoms with Crippen LogP contribution in [0.1, 0.15) is 23.2 Å². The number of hydrogen-bond donors (Lipinski definition) is 1. The van der Waals surface area contributed by atoms with Crippen LogP contribution in [0.15, 0.2) is 47.3 Å². The molecule has 0 spiro atoms. The van der Waals surface area contributed by atoms with E-state index in [1.54, 1.807) is 46.8 Å². The van der Waals surface area contributed by atoms with E-state index in [9.17, 15) is 14.4 Å². The van der Waals surface area contributed by atoms with Crippen molar-refractivity contribution in [3.8, 4) is 0 Å². The van der Waals surface area contributed by atoms with Crippen molar-refractivity contribution in [1.29, 1.82) is 0 Å². The monoisotopic (exact) mass is 367 g/mol. The minimum atomic E-state index is -0.249. The minimum Gasteiger partial charge on any atom is -0.322 e. The molecular weight excluding hydrogens is 350 g/mol. The molecule has 2 aromatic carbocycles. The number of fused-ring (bicyclic) bond motifs is 1. The van der Waals surface area contributed by atoms with Crippen LogP contribution in [0, 0.1) is 0 Å². The summed E-state index contributed by atoms with van der Waals surface area (Å²) in [7, 11) is 1.73. The van der Waals surface area contributed by atoms with Gasteiger partial charge in [0, 0.05) is 37.0 Å². The van der Waals surface area contributed by atoms with Crippen molar-refractivity contribution in [1.82, 2.24) is 4.57 Å². The Balaban J connectivity index is 1.58. The van der Waals surface area contributed by atoms with Crippen LogP contribution in [0.4, 0.5) is 11.4 Å². The molecule has 1 N–H and O–H groups in total. The molecule has 4 rings (SSSR count). The predicted molar refractivity (Wildman–Crippen MR) is 103 cm³/mol. The number of hydrogen-bond acceptors (Lipinski definition) is 4. The van der Waals surface area contributed by atoms with Crippen molar-refractivity contribution in [3.63, 3.8) is 0 Å². The number of carbonyl (C=O) groups excluding carboxylic acids is 2. The van der Waals surface area contributed by atoms with E-state index in [1.807, 2.05) is 12.1 Å². The smallest absolute Gasteiger partial charge is 0.307 e. The highest BCUT2D eigenvalue weighted by molar-refractivity contribution is 7.16. The third-order valence-electron chi connectivity index (χ3n) is 4.54. The van der Waals surface area contributed by atoms with Gasteiger partial charge in [0.2, 0.25) is 5.91 Å². The Labute approximate surface area is 153 Å². The van der Waals surface area contributed by atoms with Crippen molar-refractivity contribution >= 4 is 44.7 Å². The highest BCUT2D eigenvalue weighted by Gasteiger charge is 2.22. The van der Waals surface area contributed by atoms with Gasteiger partial charge >= 0.3 is 4.87 Å². The summed E-state index contributed by atoms with van der Waals surface area (Å²) in [6, 6.07) is 12.5. The lowest BCUT2D eigenvalue weighted by Crippen LogP contribution is -2.24. The lowest BCUT2D eigenvalue weighted by molar-refractivity contribution is -0.117. The van der Waals surface area contributed by atoms with Gasteiger partial charge in [0.25, 0.3) is 5.91 Å². The van der Waals surface area contributed by atoms with Gasteiger partial charge in [-0.25, -0.2) is 0 Å². The average molecular weight is 367 g/mol. The number of nitrogens with zero attached hydrogens (tertiary/aromatic N) is 2. The van der Waals surface area contributed by atoms with Crippen molar-refractivity contribution < 1.29 is 9.59 Å². The fourth-order valence-corrected chi connectivity index (χ4v) is 4.07. The largest absolute Gasteiger partial charge is 0.322 e. The van der Waals surface area contributed by atoms with Gasteiger partial charge in [0.05, 0.1) is 10.2 Å². The maximum atomic E-state index is 12.6. The molecule has 1 aliphatic rings. The van der Waals surface area contributed by atoms with Crippen LogP contribution in [-0.4, -0.2) is 22.9 Å². The molecule has 1 saturated heterocycles. The first kappa shape index (κ1) is 16.5. The van der Waals surface area contributed by atoms with Gasteiger partial charge in [-0.2, -0.15) is 0 Å². The Kier molecular flexibility index (Phi) is 4.08. The van der Waals surface area contributed by atoms with Crippen LogP contribution >= 0.6 is 11.3 Å². The first-order chi connectivity index (χ1) is 12.5. The third kappa shape index (κ3) is 2.90. The molecule has 2 heterocycles. The van der Waals surface area contributed by atoms with E-state index in [0.717, 1.165) is 33.7 Å². The van der Waals surface area contributed by atoms with Crippen molar-refractivity contribution in [2.75, 3.05) is 16.8 Å². The molecule has 7 heteroatoms. The highest BCUT2D eigenvalue weighted by Crippen LogP contribution is 2.24. The molecular formula is C19H17N3O3S. The molecule has 0 atom stereocenters. The predicted octanol–water partition coefficient (Wildman–Crippen LogP) is 2.98. The Morgan fingerprint density at radius 1 is 1.15 bits per heavy atom. The molecule has 3 aromatic rings. The van der Waals surface area contributed by atoms with Crippen molar-refractivity contribution in [2.24, 2.45) is 7.05 Å². The van der Waals surface area contributed by atoms with Gasteiger partial charge in [-0.15, -0.1) is 0 Å². The van der Waals surface area contributed by atoms with E-state index in [1.165, 1.54) is 0 Å². The Morgan fingerprint density at radius 3 is 2.77 bits per heavy atom. The minimum absolute atomic E-state index is 0.0357. The standard InChI is InChI=1S/C19H17N3O3S/c1-21-15-8-7-13(11-16(15)26-19(21)25)20-18(24)12-4-2-5-14(10-12)22-9-3-6-17(22)23/h2,4-5,7-8,10-11H,3,6,9H2,1H3,(H,20,24). The van der Waals surface area contributed by atoms with Crippen LogP contribution in [0.3, 0.4) is 0 Å². The second-order valence-corrected chi connectivity index (χ2v) is 7.26. The number of thiazole rings is 1. The number of rotatable bonds is 3. The van der Waals surface area contributed by atoms with Gasteiger partial charge in [-0.1, -0.05) is 17.4 Å². The fourth-order valence-electron chi connectivity index (χ4n) is 3.15. The quantitative estimate of drug-likeness (QED) is 0.774. The van der Waals surface area contributed by atoms with Gasteiger partial charge in [-0.3, -0.25) is 14.4 Å². The summed E-state index contributed by atoms with van der Waals surface area (Å²) in [6.45, 7) is 0.688. The number of benzene rings is 2. The van der Waals surface area contributed by atoms with Crippen molar-refractivity contribution in [2.45, 2.75) is 12.8 Å². The molecule has 0 unspecified atom stereocenters. The number of aryl methyl sites for hydroxylation is 1. The molecule has 0 aliphatic carbocycles. The zero-order valence-corrected chi connectivity index (χ0v) is 15.0. The lowest BCUT2D eigenvalue weighted by atomic mass is 10.1. The molecule has 26 heavy (non-hydrogen) atoms. The number of nitrogens with one attached hydrogen (secondary N) is 1. The second-order valence-electron chi connectivity index (χ2n) is 6.26. The van der Waals surface area contributed by atoms with E-state index < -0.39 is 0 Å². The molecule has 1 aromatic heterocycles. The summed E-state index contributed by atoms with van der Waals surface area (Å²) in [5.74, 6) is -0.159. The average Bonchev–Trinajstić information content (AvgIpc) is 3.18. The van der Waals surface area contributed by atoms with Gasteiger partial charge in [-0.05, 0) is 42.8 Å². The van der Waals surface area contributed by atoms with Crippen LogP contribution in [0.25, 0.3) is 10.2 Å². The zero-order valence-electron chi connectivity index (χ0n) is 14.2. The Hall–Kier alpha value is -2.93. The zero-order chi connectivity index (χ0) is 18.3. The molecule has 0 radical (unpaired) electrons. The van der Waals surface area contributed by atoms with Crippen LogP contribution in [0.5, 0.6) is 0 Å². The Bertz CT molecular complexity index is 1080. The van der Waals surface area contributed by atoms with E-state index in [-0.39, 0.29) is 16.7 Å². The molecule has 1 fully saturated rings. The molecule has 0 saturated carbocycles. The summed E-state index contributed by atoms with van der Waals surface area (Å²) < 4.78 is 2.41. The molecule has 0 bridgehead atoms. The lowest BCUT2D eigenvalue weighted by Gasteiger charge is -2.16. The van der Waals surface area contributed by atoms with E-state index in [4.69, 9.17) is 0 Å².